The van der Waals surface area contributed by atoms with E-state index in [1.54, 1.807) is 0 Å². The zero-order chi connectivity index (χ0) is 14.7. The van der Waals surface area contributed by atoms with Gasteiger partial charge >= 0.3 is 0 Å². The Morgan fingerprint density at radius 2 is 2.14 bits per heavy atom. The van der Waals surface area contributed by atoms with Gasteiger partial charge in [-0.25, -0.2) is 4.98 Å². The van der Waals surface area contributed by atoms with Gasteiger partial charge in [0.05, 0.1) is 0 Å². The Balaban J connectivity index is 1.80. The van der Waals surface area contributed by atoms with Gasteiger partial charge in [-0.15, -0.1) is 0 Å². The van der Waals surface area contributed by atoms with E-state index in [1.807, 2.05) is 13.8 Å². The molecule has 3 rings (SSSR count). The smallest absolute Gasteiger partial charge is 0.249 e. The Morgan fingerprint density at radius 1 is 1.33 bits per heavy atom. The van der Waals surface area contributed by atoms with Gasteiger partial charge in [0.1, 0.15) is 11.9 Å². The van der Waals surface area contributed by atoms with Crippen molar-refractivity contribution in [3.8, 4) is 0 Å². The highest BCUT2D eigenvalue weighted by Gasteiger charge is 2.30. The van der Waals surface area contributed by atoms with Crippen LogP contribution in [0.5, 0.6) is 0 Å². The molecule has 8 heteroatoms. The van der Waals surface area contributed by atoms with E-state index in [2.05, 4.69) is 24.8 Å². The molecule has 1 aliphatic heterocycles. The number of aromatic nitrogens is 4. The molecule has 7 nitrogen and oxygen atoms in total. The Kier molecular flexibility index (Phi) is 4.45. The Morgan fingerprint density at radius 3 is 2.76 bits per heavy atom. The number of anilines is 1. The van der Waals surface area contributed by atoms with Crippen molar-refractivity contribution in [3.05, 3.63) is 17.5 Å². The van der Waals surface area contributed by atoms with Gasteiger partial charge in [-0.2, -0.15) is 9.36 Å². The molecule has 0 radical (unpaired) electrons. The van der Waals surface area contributed by atoms with Crippen molar-refractivity contribution >= 4 is 16.7 Å². The van der Waals surface area contributed by atoms with Gasteiger partial charge < -0.3 is 14.6 Å². The lowest BCUT2D eigenvalue weighted by molar-refractivity contribution is 0.0571. The van der Waals surface area contributed by atoms with Crippen LogP contribution in [0.25, 0.3) is 0 Å². The topological polar surface area (TPSA) is 86.0 Å². The largest absolute Gasteiger partial charge is 0.381 e. The van der Waals surface area contributed by atoms with Gasteiger partial charge in [-0.1, -0.05) is 12.1 Å². The summed E-state index contributed by atoms with van der Waals surface area (Å²) in [6.07, 6.45) is 2.77. The van der Waals surface area contributed by atoms with Crippen molar-refractivity contribution < 1.29 is 9.26 Å². The second-order valence-electron chi connectivity index (χ2n) is 5.12. The van der Waals surface area contributed by atoms with Crippen LogP contribution in [0.2, 0.25) is 0 Å². The number of rotatable bonds is 5. The minimum atomic E-state index is -0.0345. The summed E-state index contributed by atoms with van der Waals surface area (Å²) in [5.74, 6) is 2.52. The Labute approximate surface area is 127 Å². The molecule has 2 aromatic heterocycles. The number of hydrogen-bond acceptors (Lipinski definition) is 8. The molecule has 1 atom stereocenters. The highest BCUT2D eigenvalue weighted by molar-refractivity contribution is 7.09. The molecule has 1 fully saturated rings. The van der Waals surface area contributed by atoms with Gasteiger partial charge in [0, 0.05) is 31.2 Å². The summed E-state index contributed by atoms with van der Waals surface area (Å²) in [5.41, 5.74) is 0. The minimum absolute atomic E-state index is 0.0345. The van der Waals surface area contributed by atoms with Crippen LogP contribution in [-0.4, -0.2) is 32.7 Å². The predicted molar refractivity (Wildman–Crippen MR) is 78.2 cm³/mol. The average Bonchev–Trinajstić information content (AvgIpc) is 3.14. The molecule has 2 aromatic rings. The lowest BCUT2D eigenvalue weighted by atomic mass is 9.91. The lowest BCUT2D eigenvalue weighted by Crippen LogP contribution is -2.27. The first-order valence-corrected chi connectivity index (χ1v) is 8.00. The maximum atomic E-state index is 5.44. The quantitative estimate of drug-likeness (QED) is 0.907. The molecule has 114 valence electrons. The summed E-state index contributed by atoms with van der Waals surface area (Å²) >= 11 is 1.37. The third kappa shape index (κ3) is 3.38. The second-order valence-corrected chi connectivity index (χ2v) is 5.87. The first kappa shape index (κ1) is 14.4. The SMILES string of the molecule is CCc1nsc(N[C@H](c2nc(C)no2)C2CCOCC2)n1. The third-order valence-corrected chi connectivity index (χ3v) is 4.29. The van der Waals surface area contributed by atoms with Gasteiger partial charge in [-0.05, 0) is 25.7 Å². The number of ether oxygens (including phenoxy) is 1. The predicted octanol–water partition coefficient (Wildman–Crippen LogP) is 2.37. The highest BCUT2D eigenvalue weighted by Crippen LogP contribution is 2.32. The van der Waals surface area contributed by atoms with Crippen molar-refractivity contribution in [1.82, 2.24) is 19.5 Å². The molecule has 21 heavy (non-hydrogen) atoms. The molecule has 0 saturated carbocycles. The van der Waals surface area contributed by atoms with E-state index in [0.29, 0.717) is 17.6 Å². The van der Waals surface area contributed by atoms with Gasteiger partial charge in [0.2, 0.25) is 11.0 Å². The van der Waals surface area contributed by atoms with E-state index in [-0.39, 0.29) is 6.04 Å². The minimum Gasteiger partial charge on any atom is -0.381 e. The van der Waals surface area contributed by atoms with Crippen LogP contribution < -0.4 is 5.32 Å². The fraction of sp³-hybridized carbons (Fsp3) is 0.692. The molecule has 1 N–H and O–H groups in total. The van der Waals surface area contributed by atoms with Gasteiger partial charge in [-0.3, -0.25) is 0 Å². The van der Waals surface area contributed by atoms with Crippen molar-refractivity contribution in [3.63, 3.8) is 0 Å². The normalized spacial score (nSPS) is 17.8. The van der Waals surface area contributed by atoms with Crippen LogP contribution in [-0.2, 0) is 11.2 Å². The van der Waals surface area contributed by atoms with E-state index in [1.165, 1.54) is 11.5 Å². The van der Waals surface area contributed by atoms with Crippen LogP contribution >= 0.6 is 11.5 Å². The van der Waals surface area contributed by atoms with Crippen LogP contribution in [0.1, 0.15) is 43.3 Å². The van der Waals surface area contributed by atoms with Crippen LogP contribution in [0.15, 0.2) is 4.52 Å². The van der Waals surface area contributed by atoms with Crippen molar-refractivity contribution in [2.45, 2.75) is 39.2 Å². The number of hydrogen-bond donors (Lipinski definition) is 1. The van der Waals surface area contributed by atoms with E-state index < -0.39 is 0 Å². The molecule has 0 spiro atoms. The van der Waals surface area contributed by atoms with E-state index in [9.17, 15) is 0 Å². The zero-order valence-electron chi connectivity index (χ0n) is 12.2. The summed E-state index contributed by atoms with van der Waals surface area (Å²) in [7, 11) is 0. The molecule has 0 aliphatic carbocycles. The fourth-order valence-corrected chi connectivity index (χ4v) is 3.15. The molecule has 0 unspecified atom stereocenters. The average molecular weight is 309 g/mol. The van der Waals surface area contributed by atoms with E-state index >= 15 is 0 Å². The summed E-state index contributed by atoms with van der Waals surface area (Å²) in [5, 5.41) is 8.14. The maximum absolute atomic E-state index is 5.44. The molecule has 3 heterocycles. The summed E-state index contributed by atoms with van der Waals surface area (Å²) in [4.78, 5) is 8.86. The maximum Gasteiger partial charge on any atom is 0.249 e. The highest BCUT2D eigenvalue weighted by atomic mass is 32.1. The standard InChI is InChI=1S/C13H19N5O2S/c1-3-10-15-13(21-18-10)16-11(9-4-6-19-7-5-9)12-14-8(2)17-20-12/h9,11H,3-7H2,1-2H3,(H,15,16,18)/t11-/m0/s1. The molecule has 0 amide bonds. The molecule has 0 aromatic carbocycles. The van der Waals surface area contributed by atoms with Crippen molar-refractivity contribution in [2.75, 3.05) is 18.5 Å². The fourth-order valence-electron chi connectivity index (χ4n) is 2.46. The molecular formula is C13H19N5O2S. The van der Waals surface area contributed by atoms with E-state index in [0.717, 1.165) is 43.4 Å². The van der Waals surface area contributed by atoms with Crippen molar-refractivity contribution in [2.24, 2.45) is 5.92 Å². The first-order chi connectivity index (χ1) is 10.3. The summed E-state index contributed by atoms with van der Waals surface area (Å²) in [6, 6.07) is -0.0345. The Bertz CT molecular complexity index is 579. The molecule has 0 bridgehead atoms. The Hall–Kier alpha value is -1.54. The lowest BCUT2D eigenvalue weighted by Gasteiger charge is -2.28. The van der Waals surface area contributed by atoms with Crippen LogP contribution in [0.3, 0.4) is 0 Å². The van der Waals surface area contributed by atoms with E-state index in [4.69, 9.17) is 9.26 Å². The van der Waals surface area contributed by atoms with Gasteiger partial charge in [0.15, 0.2) is 5.82 Å². The number of nitrogens with zero attached hydrogens (tertiary/aromatic N) is 4. The van der Waals surface area contributed by atoms with Crippen LogP contribution in [0.4, 0.5) is 5.13 Å². The summed E-state index contributed by atoms with van der Waals surface area (Å²) in [6.45, 7) is 5.41. The third-order valence-electron chi connectivity index (χ3n) is 3.61. The molecule has 1 saturated heterocycles. The number of nitrogens with one attached hydrogen (secondary N) is 1. The number of aryl methyl sites for hydroxylation is 2. The first-order valence-electron chi connectivity index (χ1n) is 7.23. The van der Waals surface area contributed by atoms with Crippen LogP contribution in [0, 0.1) is 12.8 Å². The second kappa shape index (κ2) is 6.48. The summed E-state index contributed by atoms with van der Waals surface area (Å²) < 4.78 is 15.1. The molecular weight excluding hydrogens is 290 g/mol. The monoisotopic (exact) mass is 309 g/mol. The zero-order valence-corrected chi connectivity index (χ0v) is 13.0. The van der Waals surface area contributed by atoms with Gasteiger partial charge in [0.25, 0.3) is 0 Å². The molecule has 1 aliphatic rings. The van der Waals surface area contributed by atoms with Crippen molar-refractivity contribution in [1.29, 1.82) is 0 Å².